The van der Waals surface area contributed by atoms with Gasteiger partial charge in [0.15, 0.2) is 0 Å². The van der Waals surface area contributed by atoms with Gasteiger partial charge in [-0.3, -0.25) is 4.90 Å². The first-order valence-electron chi connectivity index (χ1n) is 9.21. The summed E-state index contributed by atoms with van der Waals surface area (Å²) in [6, 6.07) is 8.40. The Labute approximate surface area is 154 Å². The van der Waals surface area contributed by atoms with E-state index in [9.17, 15) is 0 Å². The number of aryl methyl sites for hydroxylation is 1. The molecule has 1 N–H and O–H groups in total. The van der Waals surface area contributed by atoms with E-state index in [1.807, 2.05) is 12.3 Å². The molecule has 0 amide bonds. The van der Waals surface area contributed by atoms with Crippen LogP contribution in [0.2, 0.25) is 0 Å². The van der Waals surface area contributed by atoms with E-state index in [-0.39, 0.29) is 11.5 Å². The molecule has 1 fully saturated rings. The quantitative estimate of drug-likeness (QED) is 0.786. The first-order chi connectivity index (χ1) is 12.4. The van der Waals surface area contributed by atoms with Gasteiger partial charge in [0.2, 0.25) is 0 Å². The van der Waals surface area contributed by atoms with Gasteiger partial charge in [0.1, 0.15) is 11.6 Å². The maximum absolute atomic E-state index is 5.76. The second-order valence-corrected chi connectivity index (χ2v) is 8.07. The lowest BCUT2D eigenvalue weighted by atomic mass is 9.93. The molecule has 26 heavy (non-hydrogen) atoms. The highest BCUT2D eigenvalue weighted by Gasteiger charge is 2.29. The molecule has 6 nitrogen and oxygen atoms in total. The van der Waals surface area contributed by atoms with Gasteiger partial charge in [-0.2, -0.15) is 0 Å². The summed E-state index contributed by atoms with van der Waals surface area (Å²) in [5, 5.41) is 0. The number of morpholine rings is 1. The largest absolute Gasteiger partial charge is 0.378 e. The highest BCUT2D eigenvalue weighted by Crippen LogP contribution is 2.27. The number of fused-ring (bicyclic) bond motifs is 1. The molecule has 1 atom stereocenters. The van der Waals surface area contributed by atoms with Gasteiger partial charge in [0.25, 0.3) is 0 Å². The van der Waals surface area contributed by atoms with E-state index >= 15 is 0 Å². The molecule has 0 aliphatic carbocycles. The SMILES string of the molecule is Cn1c(CN2CCOC[C@H]2c2ncc(C(C)(C)C)[nH]2)nc2ccccc21. The second kappa shape index (κ2) is 6.52. The number of nitrogens with zero attached hydrogens (tertiary/aromatic N) is 4. The van der Waals surface area contributed by atoms with Gasteiger partial charge in [0.05, 0.1) is 36.8 Å². The summed E-state index contributed by atoms with van der Waals surface area (Å²) in [4.78, 5) is 15.4. The van der Waals surface area contributed by atoms with Crippen LogP contribution in [0.1, 0.15) is 44.2 Å². The van der Waals surface area contributed by atoms with E-state index in [0.717, 1.165) is 42.6 Å². The minimum Gasteiger partial charge on any atom is -0.378 e. The Bertz CT molecular complexity index is 904. The predicted molar refractivity (Wildman–Crippen MR) is 102 cm³/mol. The molecule has 1 aliphatic heterocycles. The molecule has 4 rings (SSSR count). The number of nitrogens with one attached hydrogen (secondary N) is 1. The number of benzene rings is 1. The van der Waals surface area contributed by atoms with E-state index < -0.39 is 0 Å². The topological polar surface area (TPSA) is 59.0 Å². The van der Waals surface area contributed by atoms with Crippen LogP contribution >= 0.6 is 0 Å². The molecule has 0 unspecified atom stereocenters. The van der Waals surface area contributed by atoms with E-state index in [0.29, 0.717) is 6.61 Å². The van der Waals surface area contributed by atoms with Crippen molar-refractivity contribution in [2.75, 3.05) is 19.8 Å². The Morgan fingerprint density at radius 1 is 1.27 bits per heavy atom. The summed E-state index contributed by atoms with van der Waals surface area (Å²) < 4.78 is 7.94. The molecule has 6 heteroatoms. The number of ether oxygens (including phenoxy) is 1. The van der Waals surface area contributed by atoms with Gasteiger partial charge < -0.3 is 14.3 Å². The minimum absolute atomic E-state index is 0.0585. The molecular formula is C20H27N5O. The monoisotopic (exact) mass is 353 g/mol. The van der Waals surface area contributed by atoms with Gasteiger partial charge in [0, 0.05) is 30.9 Å². The molecule has 138 valence electrons. The van der Waals surface area contributed by atoms with Crippen molar-refractivity contribution in [1.29, 1.82) is 0 Å². The van der Waals surface area contributed by atoms with Crippen molar-refractivity contribution in [3.63, 3.8) is 0 Å². The van der Waals surface area contributed by atoms with Crippen molar-refractivity contribution < 1.29 is 4.74 Å². The van der Waals surface area contributed by atoms with E-state index in [1.165, 1.54) is 5.52 Å². The second-order valence-electron chi connectivity index (χ2n) is 8.07. The van der Waals surface area contributed by atoms with Crippen LogP contribution in [0.15, 0.2) is 30.5 Å². The summed E-state index contributed by atoms with van der Waals surface area (Å²) in [6.45, 7) is 9.63. The fourth-order valence-corrected chi connectivity index (χ4v) is 3.48. The van der Waals surface area contributed by atoms with Crippen LogP contribution < -0.4 is 0 Å². The first-order valence-corrected chi connectivity index (χ1v) is 9.21. The van der Waals surface area contributed by atoms with Crippen LogP contribution in [-0.2, 0) is 23.7 Å². The zero-order chi connectivity index (χ0) is 18.3. The highest BCUT2D eigenvalue weighted by atomic mass is 16.5. The average Bonchev–Trinajstić information content (AvgIpc) is 3.22. The average molecular weight is 353 g/mol. The molecule has 2 aromatic heterocycles. The van der Waals surface area contributed by atoms with Crippen LogP contribution in [-0.4, -0.2) is 44.2 Å². The molecular weight excluding hydrogens is 326 g/mol. The third kappa shape index (κ3) is 3.15. The number of imidazole rings is 2. The lowest BCUT2D eigenvalue weighted by Gasteiger charge is -2.34. The maximum atomic E-state index is 5.76. The number of H-pyrrole nitrogens is 1. The number of hydrogen-bond donors (Lipinski definition) is 1. The third-order valence-electron chi connectivity index (χ3n) is 5.18. The van der Waals surface area contributed by atoms with Crippen molar-refractivity contribution in [3.8, 4) is 0 Å². The third-order valence-corrected chi connectivity index (χ3v) is 5.18. The molecule has 3 heterocycles. The normalized spacial score (nSPS) is 19.3. The Morgan fingerprint density at radius 3 is 2.81 bits per heavy atom. The summed E-state index contributed by atoms with van der Waals surface area (Å²) in [5.74, 6) is 2.05. The molecule has 0 radical (unpaired) electrons. The number of rotatable bonds is 3. The maximum Gasteiger partial charge on any atom is 0.126 e. The van der Waals surface area contributed by atoms with Crippen LogP contribution in [0.3, 0.4) is 0 Å². The van der Waals surface area contributed by atoms with Gasteiger partial charge >= 0.3 is 0 Å². The predicted octanol–water partition coefficient (Wildman–Crippen LogP) is 3.17. The zero-order valence-corrected chi connectivity index (χ0v) is 16.0. The van der Waals surface area contributed by atoms with Crippen molar-refractivity contribution in [2.24, 2.45) is 7.05 Å². The lowest BCUT2D eigenvalue weighted by Crippen LogP contribution is -2.40. The molecule has 3 aromatic rings. The van der Waals surface area contributed by atoms with E-state index in [2.05, 4.69) is 65.5 Å². The van der Waals surface area contributed by atoms with Crippen molar-refractivity contribution in [1.82, 2.24) is 24.4 Å². The van der Waals surface area contributed by atoms with Crippen LogP contribution in [0, 0.1) is 0 Å². The summed E-state index contributed by atoms with van der Waals surface area (Å²) in [6.07, 6.45) is 1.96. The summed E-state index contributed by atoms with van der Waals surface area (Å²) in [7, 11) is 2.09. The summed E-state index contributed by atoms with van der Waals surface area (Å²) in [5.41, 5.74) is 3.42. The van der Waals surface area contributed by atoms with E-state index in [4.69, 9.17) is 9.72 Å². The van der Waals surface area contributed by atoms with Gasteiger partial charge in [-0.15, -0.1) is 0 Å². The Hall–Kier alpha value is -2.18. The molecule has 1 saturated heterocycles. The fraction of sp³-hybridized carbons (Fsp3) is 0.500. The van der Waals surface area contributed by atoms with Gasteiger partial charge in [-0.1, -0.05) is 32.9 Å². The molecule has 0 saturated carbocycles. The van der Waals surface area contributed by atoms with Gasteiger partial charge in [-0.25, -0.2) is 9.97 Å². The van der Waals surface area contributed by atoms with Crippen molar-refractivity contribution in [2.45, 2.75) is 38.8 Å². The molecule has 1 aromatic carbocycles. The number of aromatic amines is 1. The van der Waals surface area contributed by atoms with Gasteiger partial charge in [-0.05, 0) is 12.1 Å². The molecule has 1 aliphatic rings. The Morgan fingerprint density at radius 2 is 2.08 bits per heavy atom. The first kappa shape index (κ1) is 17.2. The zero-order valence-electron chi connectivity index (χ0n) is 16.0. The summed E-state index contributed by atoms with van der Waals surface area (Å²) >= 11 is 0. The Kier molecular flexibility index (Phi) is 4.32. The molecule has 0 bridgehead atoms. The lowest BCUT2D eigenvalue weighted by molar-refractivity contribution is -0.0170. The smallest absolute Gasteiger partial charge is 0.126 e. The van der Waals surface area contributed by atoms with Crippen LogP contribution in [0.25, 0.3) is 11.0 Å². The highest BCUT2D eigenvalue weighted by molar-refractivity contribution is 5.75. The molecule has 0 spiro atoms. The van der Waals surface area contributed by atoms with Crippen LogP contribution in [0.4, 0.5) is 0 Å². The Balaban J connectivity index is 1.61. The number of para-hydroxylation sites is 2. The standard InChI is InChI=1S/C20H27N5O/c1-20(2,3)17-11-21-19(23-17)16-13-26-10-9-25(16)12-18-22-14-7-5-6-8-15(14)24(18)4/h5-8,11,16H,9-10,12-13H2,1-4H3,(H,21,23)/t16-/m0/s1. The number of aromatic nitrogens is 4. The fourth-order valence-electron chi connectivity index (χ4n) is 3.48. The minimum atomic E-state index is 0.0585. The van der Waals surface area contributed by atoms with Crippen molar-refractivity contribution >= 4 is 11.0 Å². The van der Waals surface area contributed by atoms with E-state index in [1.54, 1.807) is 0 Å². The van der Waals surface area contributed by atoms with Crippen LogP contribution in [0.5, 0.6) is 0 Å². The number of hydrogen-bond acceptors (Lipinski definition) is 4. The van der Waals surface area contributed by atoms with Crippen molar-refractivity contribution in [3.05, 3.63) is 47.8 Å².